The maximum Gasteiger partial charge on any atom is 0.274 e. The van der Waals surface area contributed by atoms with Crippen molar-refractivity contribution in [1.82, 2.24) is 14.4 Å². The minimum atomic E-state index is -0.170. The number of benzene rings is 1. The van der Waals surface area contributed by atoms with E-state index < -0.39 is 0 Å². The molecule has 0 saturated heterocycles. The summed E-state index contributed by atoms with van der Waals surface area (Å²) in [5.41, 5.74) is 1.92. The summed E-state index contributed by atoms with van der Waals surface area (Å²) in [6.45, 7) is 1.86. The summed E-state index contributed by atoms with van der Waals surface area (Å²) in [5.74, 6) is 0.769. The number of hydrogen-bond donors (Lipinski definition) is 1. The van der Waals surface area contributed by atoms with Gasteiger partial charge in [-0.15, -0.1) is 0 Å². The van der Waals surface area contributed by atoms with E-state index in [0.29, 0.717) is 16.1 Å². The summed E-state index contributed by atoms with van der Waals surface area (Å²) in [4.78, 5) is 18.8. The molecule has 0 unspecified atom stereocenters. The van der Waals surface area contributed by atoms with Gasteiger partial charge in [-0.3, -0.25) is 9.20 Å². The predicted molar refractivity (Wildman–Crippen MR) is 70.8 cm³/mol. The average molecular weight is 313 g/mol. The van der Waals surface area contributed by atoms with Crippen LogP contribution in [0.2, 0.25) is 5.02 Å². The fourth-order valence-electron chi connectivity index (χ4n) is 1.92. The lowest BCUT2D eigenvalue weighted by molar-refractivity contribution is 1.06. The topological polar surface area (TPSA) is 50.2 Å². The van der Waals surface area contributed by atoms with Gasteiger partial charge < -0.3 is 4.98 Å². The van der Waals surface area contributed by atoms with Crippen molar-refractivity contribution < 1.29 is 0 Å². The van der Waals surface area contributed by atoms with Gasteiger partial charge in [-0.05, 0) is 35.0 Å². The third-order valence-corrected chi connectivity index (χ3v) is 3.90. The van der Waals surface area contributed by atoms with Crippen LogP contribution in [0.25, 0.3) is 16.6 Å². The van der Waals surface area contributed by atoms with E-state index in [9.17, 15) is 4.79 Å². The van der Waals surface area contributed by atoms with Crippen LogP contribution in [0.4, 0.5) is 0 Å². The molecule has 2 aromatic heterocycles. The molecule has 1 N–H and O–H groups in total. The molecular weight excluding hydrogens is 305 g/mol. The van der Waals surface area contributed by atoms with E-state index >= 15 is 0 Å². The van der Waals surface area contributed by atoms with Crippen LogP contribution in [0, 0.1) is 6.92 Å². The number of nitrogens with one attached hydrogen (secondary N) is 1. The van der Waals surface area contributed by atoms with Crippen LogP contribution in [-0.2, 0) is 0 Å². The molecule has 3 aromatic rings. The minimum Gasteiger partial charge on any atom is -0.319 e. The Balaban J connectivity index is 2.67. The zero-order valence-electron chi connectivity index (χ0n) is 8.79. The highest BCUT2D eigenvalue weighted by Crippen LogP contribution is 2.27. The van der Waals surface area contributed by atoms with Gasteiger partial charge in [-0.25, -0.2) is 4.98 Å². The molecule has 2 heterocycles. The molecule has 6 heteroatoms. The van der Waals surface area contributed by atoms with Crippen LogP contribution in [0.5, 0.6) is 0 Å². The molecule has 0 spiro atoms. The third kappa shape index (κ3) is 1.50. The largest absolute Gasteiger partial charge is 0.319 e. The van der Waals surface area contributed by atoms with Gasteiger partial charge in [0.05, 0.1) is 22.3 Å². The van der Waals surface area contributed by atoms with Gasteiger partial charge in [-0.2, -0.15) is 0 Å². The molecule has 0 aliphatic heterocycles. The highest BCUT2D eigenvalue weighted by Gasteiger charge is 2.10. The Labute approximate surface area is 109 Å². The maximum atomic E-state index is 11.8. The molecule has 0 fully saturated rings. The first-order chi connectivity index (χ1) is 8.08. The highest BCUT2D eigenvalue weighted by atomic mass is 79.9. The van der Waals surface area contributed by atoms with E-state index in [0.717, 1.165) is 15.8 Å². The summed E-state index contributed by atoms with van der Waals surface area (Å²) in [6, 6.07) is 3.59. The van der Waals surface area contributed by atoms with Crippen molar-refractivity contribution in [3.63, 3.8) is 0 Å². The lowest BCUT2D eigenvalue weighted by atomic mass is 10.3. The zero-order chi connectivity index (χ0) is 12.2. The number of aromatic nitrogens is 3. The fraction of sp³-hybridized carbons (Fsp3) is 0.0909. The van der Waals surface area contributed by atoms with Crippen molar-refractivity contribution in [3.8, 4) is 0 Å². The number of fused-ring (bicyclic) bond motifs is 3. The van der Waals surface area contributed by atoms with Crippen molar-refractivity contribution in [3.05, 3.63) is 44.0 Å². The molecule has 0 amide bonds. The molecule has 0 aliphatic carbocycles. The summed E-state index contributed by atoms with van der Waals surface area (Å²) in [5, 5.41) is 0.560. The van der Waals surface area contributed by atoms with Gasteiger partial charge in [0.2, 0.25) is 0 Å². The Hall–Kier alpha value is -1.33. The van der Waals surface area contributed by atoms with E-state index in [4.69, 9.17) is 11.6 Å². The summed E-state index contributed by atoms with van der Waals surface area (Å²) in [7, 11) is 0. The molecule has 4 nitrogen and oxygen atoms in total. The average Bonchev–Trinajstić information content (AvgIpc) is 2.65. The number of rotatable bonds is 0. The van der Waals surface area contributed by atoms with Gasteiger partial charge in [0.25, 0.3) is 5.56 Å². The molecular formula is C11H7BrClN3O. The number of halogens is 2. The quantitative estimate of drug-likeness (QED) is 0.694. The SMILES string of the molecule is Cc1ncc2c(=O)[nH]c3cc(Cl)c(Br)cc3n12. The Morgan fingerprint density at radius 2 is 2.18 bits per heavy atom. The highest BCUT2D eigenvalue weighted by molar-refractivity contribution is 9.10. The summed E-state index contributed by atoms with van der Waals surface area (Å²) >= 11 is 9.39. The van der Waals surface area contributed by atoms with Crippen molar-refractivity contribution >= 4 is 44.1 Å². The lowest BCUT2D eigenvalue weighted by Gasteiger charge is -2.05. The fourth-order valence-corrected chi connectivity index (χ4v) is 2.41. The minimum absolute atomic E-state index is 0.170. The van der Waals surface area contributed by atoms with Crippen molar-refractivity contribution in [2.75, 3.05) is 0 Å². The standard InChI is InChI=1S/C11H7BrClN3O/c1-5-14-4-10-11(17)15-8-3-7(13)6(12)2-9(8)16(5)10/h2-4H,1H3,(H,15,17). The summed E-state index contributed by atoms with van der Waals surface area (Å²) < 4.78 is 2.60. The number of imidazole rings is 1. The molecule has 0 atom stereocenters. The third-order valence-electron chi connectivity index (χ3n) is 2.70. The second-order valence-electron chi connectivity index (χ2n) is 3.76. The number of aryl methyl sites for hydroxylation is 1. The predicted octanol–water partition coefficient (Wildman–Crippen LogP) is 2.90. The number of aromatic amines is 1. The van der Waals surface area contributed by atoms with Crippen LogP contribution in [0.3, 0.4) is 0 Å². The second-order valence-corrected chi connectivity index (χ2v) is 5.03. The molecule has 0 saturated carbocycles. The van der Waals surface area contributed by atoms with Gasteiger partial charge in [0, 0.05) is 4.47 Å². The molecule has 3 rings (SSSR count). The van der Waals surface area contributed by atoms with Gasteiger partial charge in [0.15, 0.2) is 0 Å². The number of H-pyrrole nitrogens is 1. The normalized spacial score (nSPS) is 11.5. The Kier molecular flexibility index (Phi) is 2.27. The van der Waals surface area contributed by atoms with Crippen molar-refractivity contribution in [1.29, 1.82) is 0 Å². The first-order valence-electron chi connectivity index (χ1n) is 4.93. The second kappa shape index (κ2) is 3.58. The Morgan fingerprint density at radius 3 is 2.94 bits per heavy atom. The van der Waals surface area contributed by atoms with Crippen LogP contribution in [0.1, 0.15) is 5.82 Å². The summed E-state index contributed by atoms with van der Waals surface area (Å²) in [6.07, 6.45) is 1.57. The first kappa shape index (κ1) is 10.8. The van der Waals surface area contributed by atoms with E-state index in [1.165, 1.54) is 0 Å². The maximum absolute atomic E-state index is 11.8. The molecule has 86 valence electrons. The number of hydrogen-bond acceptors (Lipinski definition) is 2. The van der Waals surface area contributed by atoms with Gasteiger partial charge >= 0.3 is 0 Å². The first-order valence-corrected chi connectivity index (χ1v) is 6.10. The smallest absolute Gasteiger partial charge is 0.274 e. The van der Waals surface area contributed by atoms with Crippen LogP contribution in [0.15, 0.2) is 27.6 Å². The number of nitrogens with zero attached hydrogens (tertiary/aromatic N) is 2. The molecule has 17 heavy (non-hydrogen) atoms. The van der Waals surface area contributed by atoms with Crippen molar-refractivity contribution in [2.45, 2.75) is 6.92 Å². The lowest BCUT2D eigenvalue weighted by Crippen LogP contribution is -2.10. The van der Waals surface area contributed by atoms with Crippen LogP contribution in [-0.4, -0.2) is 14.4 Å². The van der Waals surface area contributed by atoms with E-state index in [1.54, 1.807) is 12.3 Å². The van der Waals surface area contributed by atoms with E-state index in [-0.39, 0.29) is 5.56 Å². The molecule has 0 radical (unpaired) electrons. The van der Waals surface area contributed by atoms with E-state index in [1.807, 2.05) is 17.4 Å². The van der Waals surface area contributed by atoms with Gasteiger partial charge in [-0.1, -0.05) is 11.6 Å². The van der Waals surface area contributed by atoms with Crippen LogP contribution >= 0.6 is 27.5 Å². The van der Waals surface area contributed by atoms with Gasteiger partial charge in [0.1, 0.15) is 11.3 Å². The Morgan fingerprint density at radius 1 is 1.41 bits per heavy atom. The molecule has 1 aromatic carbocycles. The van der Waals surface area contributed by atoms with Crippen LogP contribution < -0.4 is 5.56 Å². The molecule has 0 bridgehead atoms. The molecule has 0 aliphatic rings. The van der Waals surface area contributed by atoms with Crippen molar-refractivity contribution in [2.24, 2.45) is 0 Å². The zero-order valence-corrected chi connectivity index (χ0v) is 11.1. The Bertz CT molecular complexity index is 806. The monoisotopic (exact) mass is 311 g/mol. The van der Waals surface area contributed by atoms with E-state index in [2.05, 4.69) is 25.9 Å².